The summed E-state index contributed by atoms with van der Waals surface area (Å²) in [6.45, 7) is 9.82. The summed E-state index contributed by atoms with van der Waals surface area (Å²) in [6.07, 6.45) is 0. The lowest BCUT2D eigenvalue weighted by atomic mass is 10.1. The van der Waals surface area contributed by atoms with E-state index in [1.807, 2.05) is 40.6 Å². The van der Waals surface area contributed by atoms with Gasteiger partial charge in [-0.1, -0.05) is 69.8 Å². The number of aromatic nitrogens is 2. The minimum atomic E-state index is -0.295. The van der Waals surface area contributed by atoms with Crippen molar-refractivity contribution in [2.45, 2.75) is 32.9 Å². The summed E-state index contributed by atoms with van der Waals surface area (Å²) >= 11 is 2.63. The van der Waals surface area contributed by atoms with Crippen molar-refractivity contribution < 1.29 is 4.79 Å². The number of carbonyl (C=O) groups excluding carboxylic acids is 1. The number of nitrogens with zero attached hydrogens (tertiary/aromatic N) is 3. The highest BCUT2D eigenvalue weighted by Gasteiger charge is 2.20. The summed E-state index contributed by atoms with van der Waals surface area (Å²) in [4.78, 5) is 32.9. The number of nitrogen functional groups attached to an aromatic ring is 1. The number of hydrogen-bond donors (Lipinski definition) is 1. The fraction of sp³-hybridized carbons (Fsp3) is 0.409. The van der Waals surface area contributed by atoms with Crippen LogP contribution in [0.2, 0.25) is 0 Å². The van der Waals surface area contributed by atoms with Gasteiger partial charge in [0.2, 0.25) is 5.91 Å². The molecule has 0 unspecified atom stereocenters. The minimum Gasteiger partial charge on any atom is -0.341 e. The summed E-state index contributed by atoms with van der Waals surface area (Å²) < 4.78 is 1.06. The number of nitrogens with two attached hydrogens (primary N) is 1. The number of amides is 1. The highest BCUT2D eigenvalue weighted by Crippen LogP contribution is 2.31. The zero-order valence-electron chi connectivity index (χ0n) is 17.8. The lowest BCUT2D eigenvalue weighted by Crippen LogP contribution is -2.38. The number of thioether (sulfide) groups is 1. The van der Waals surface area contributed by atoms with Gasteiger partial charge in [-0.2, -0.15) is 0 Å². The summed E-state index contributed by atoms with van der Waals surface area (Å²) in [5, 5.41) is 2.81. The molecule has 0 saturated heterocycles. The predicted molar refractivity (Wildman–Crippen MR) is 126 cm³/mol. The Hall–Kier alpha value is -2.32. The molecule has 0 saturated carbocycles. The van der Waals surface area contributed by atoms with Gasteiger partial charge in [0.1, 0.15) is 4.83 Å². The van der Waals surface area contributed by atoms with E-state index >= 15 is 0 Å². The monoisotopic (exact) mass is 444 g/mol. The SMILES string of the molecule is CC(C)CN(CC(C)C)C(=O)CSc1nc2scc(-c3ccccc3)c2c(=O)n1N. The first-order chi connectivity index (χ1) is 14.3. The summed E-state index contributed by atoms with van der Waals surface area (Å²) in [5.41, 5.74) is 1.49. The van der Waals surface area contributed by atoms with E-state index in [2.05, 4.69) is 32.7 Å². The molecule has 0 aliphatic rings. The second-order valence-electron chi connectivity index (χ2n) is 8.14. The molecule has 2 heterocycles. The fourth-order valence-electron chi connectivity index (χ4n) is 3.29. The van der Waals surface area contributed by atoms with E-state index in [9.17, 15) is 9.59 Å². The molecule has 1 amide bonds. The molecule has 3 rings (SSSR count). The summed E-state index contributed by atoms with van der Waals surface area (Å²) in [7, 11) is 0. The van der Waals surface area contributed by atoms with Gasteiger partial charge in [-0.05, 0) is 17.4 Å². The molecule has 0 bridgehead atoms. The summed E-state index contributed by atoms with van der Waals surface area (Å²) in [6, 6.07) is 9.72. The second kappa shape index (κ2) is 9.66. The Labute approximate surface area is 185 Å². The Morgan fingerprint density at radius 2 is 1.80 bits per heavy atom. The average Bonchev–Trinajstić information content (AvgIpc) is 3.13. The van der Waals surface area contributed by atoms with Gasteiger partial charge in [0.05, 0.1) is 11.1 Å². The average molecular weight is 445 g/mol. The van der Waals surface area contributed by atoms with E-state index in [0.717, 1.165) is 15.8 Å². The van der Waals surface area contributed by atoms with Crippen molar-refractivity contribution in [1.82, 2.24) is 14.6 Å². The largest absolute Gasteiger partial charge is 0.341 e. The van der Waals surface area contributed by atoms with Crippen LogP contribution in [0.5, 0.6) is 0 Å². The fourth-order valence-corrected chi connectivity index (χ4v) is 5.10. The smallest absolute Gasteiger partial charge is 0.282 e. The van der Waals surface area contributed by atoms with Crippen molar-refractivity contribution in [2.75, 3.05) is 24.7 Å². The van der Waals surface area contributed by atoms with Crippen molar-refractivity contribution in [3.05, 3.63) is 46.1 Å². The zero-order valence-corrected chi connectivity index (χ0v) is 19.4. The van der Waals surface area contributed by atoms with Crippen LogP contribution >= 0.6 is 23.1 Å². The minimum absolute atomic E-state index is 0.0351. The van der Waals surface area contributed by atoms with Crippen LogP contribution in [-0.4, -0.2) is 39.3 Å². The Balaban J connectivity index is 1.84. The quantitative estimate of drug-likeness (QED) is 0.322. The maximum atomic E-state index is 13.0. The predicted octanol–water partition coefficient (Wildman–Crippen LogP) is 4.07. The molecule has 0 fully saturated rings. The molecule has 2 N–H and O–H groups in total. The molecule has 0 radical (unpaired) electrons. The first-order valence-electron chi connectivity index (χ1n) is 10.0. The van der Waals surface area contributed by atoms with Crippen LogP contribution in [0.1, 0.15) is 27.7 Å². The van der Waals surface area contributed by atoms with Crippen LogP contribution in [-0.2, 0) is 4.79 Å². The zero-order chi connectivity index (χ0) is 21.8. The number of fused-ring (bicyclic) bond motifs is 1. The van der Waals surface area contributed by atoms with E-state index in [0.29, 0.717) is 40.3 Å². The molecule has 0 atom stereocenters. The van der Waals surface area contributed by atoms with E-state index in [1.165, 1.54) is 23.1 Å². The molecule has 2 aromatic heterocycles. The van der Waals surface area contributed by atoms with Gasteiger partial charge >= 0.3 is 0 Å². The molecular formula is C22H28N4O2S2. The second-order valence-corrected chi connectivity index (χ2v) is 9.94. The standard InChI is InChI=1S/C22H28N4O2S2/c1-14(2)10-25(11-15(3)4)18(27)13-30-22-24-20-19(21(28)26(22)23)17(12-29-20)16-8-6-5-7-9-16/h5-9,12,14-15H,10-11,13,23H2,1-4H3. The molecule has 0 spiro atoms. The van der Waals surface area contributed by atoms with E-state index < -0.39 is 0 Å². The molecular weight excluding hydrogens is 416 g/mol. The Morgan fingerprint density at radius 3 is 2.40 bits per heavy atom. The highest BCUT2D eigenvalue weighted by atomic mass is 32.2. The third-order valence-electron chi connectivity index (χ3n) is 4.54. The lowest BCUT2D eigenvalue weighted by molar-refractivity contribution is -0.129. The van der Waals surface area contributed by atoms with Crippen molar-refractivity contribution in [2.24, 2.45) is 11.8 Å². The number of carbonyl (C=O) groups is 1. The van der Waals surface area contributed by atoms with Gasteiger partial charge in [-0.15, -0.1) is 11.3 Å². The van der Waals surface area contributed by atoms with Gasteiger partial charge in [0, 0.05) is 24.0 Å². The number of hydrogen-bond acceptors (Lipinski definition) is 6. The van der Waals surface area contributed by atoms with Crippen LogP contribution < -0.4 is 11.4 Å². The molecule has 3 aromatic rings. The van der Waals surface area contributed by atoms with Crippen molar-refractivity contribution in [3.8, 4) is 11.1 Å². The van der Waals surface area contributed by atoms with Crippen LogP contribution in [0, 0.1) is 11.8 Å². The van der Waals surface area contributed by atoms with Gasteiger partial charge in [-0.3, -0.25) is 9.59 Å². The van der Waals surface area contributed by atoms with Crippen molar-refractivity contribution >= 4 is 39.2 Å². The van der Waals surface area contributed by atoms with Crippen LogP contribution in [0.25, 0.3) is 21.3 Å². The third-order valence-corrected chi connectivity index (χ3v) is 6.35. The Bertz CT molecular complexity index is 1060. The van der Waals surface area contributed by atoms with Crippen LogP contribution in [0.4, 0.5) is 0 Å². The van der Waals surface area contributed by atoms with Gasteiger partial charge in [-0.25, -0.2) is 9.66 Å². The molecule has 160 valence electrons. The van der Waals surface area contributed by atoms with E-state index in [-0.39, 0.29) is 17.2 Å². The van der Waals surface area contributed by atoms with Crippen molar-refractivity contribution in [1.29, 1.82) is 0 Å². The first kappa shape index (κ1) is 22.4. The van der Waals surface area contributed by atoms with E-state index in [4.69, 9.17) is 5.84 Å². The summed E-state index contributed by atoms with van der Waals surface area (Å²) in [5.74, 6) is 7.10. The maximum absolute atomic E-state index is 13.0. The molecule has 8 heteroatoms. The number of rotatable bonds is 8. The lowest BCUT2D eigenvalue weighted by Gasteiger charge is -2.26. The number of benzene rings is 1. The highest BCUT2D eigenvalue weighted by molar-refractivity contribution is 7.99. The van der Waals surface area contributed by atoms with Crippen LogP contribution in [0.3, 0.4) is 0 Å². The van der Waals surface area contributed by atoms with Gasteiger partial charge < -0.3 is 10.7 Å². The third kappa shape index (κ3) is 5.05. The molecule has 6 nitrogen and oxygen atoms in total. The Morgan fingerprint density at radius 1 is 1.17 bits per heavy atom. The van der Waals surface area contributed by atoms with Crippen LogP contribution in [0.15, 0.2) is 45.7 Å². The molecule has 0 aliphatic heterocycles. The van der Waals surface area contributed by atoms with E-state index in [1.54, 1.807) is 0 Å². The van der Waals surface area contributed by atoms with Gasteiger partial charge in [0.25, 0.3) is 5.56 Å². The molecule has 30 heavy (non-hydrogen) atoms. The first-order valence-corrected chi connectivity index (χ1v) is 11.9. The van der Waals surface area contributed by atoms with Gasteiger partial charge in [0.15, 0.2) is 5.16 Å². The molecule has 0 aliphatic carbocycles. The molecule has 1 aromatic carbocycles. The van der Waals surface area contributed by atoms with Crippen molar-refractivity contribution in [3.63, 3.8) is 0 Å². The topological polar surface area (TPSA) is 81.2 Å². The number of thiophene rings is 1. The Kier molecular flexibility index (Phi) is 7.20. The normalized spacial score (nSPS) is 11.5. The maximum Gasteiger partial charge on any atom is 0.282 e.